The summed E-state index contributed by atoms with van der Waals surface area (Å²) in [4.78, 5) is 19.7. The van der Waals surface area contributed by atoms with Crippen LogP contribution in [0.2, 0.25) is 5.15 Å². The molecule has 0 aliphatic rings. The summed E-state index contributed by atoms with van der Waals surface area (Å²) in [6.07, 6.45) is 4.83. The standard InChI is InChI=1S/C11H11ClN4O/c1-7-3-8(10(12)13-4-7)15-11(17)9-5-16(2)6-14-9/h3-6H,1-2H3,(H,15,17). The lowest BCUT2D eigenvalue weighted by Crippen LogP contribution is -2.13. The molecule has 0 atom stereocenters. The third-order valence-electron chi connectivity index (χ3n) is 2.16. The minimum absolute atomic E-state index is 0.264. The minimum Gasteiger partial charge on any atom is -0.340 e. The summed E-state index contributed by atoms with van der Waals surface area (Å²) in [5.41, 5.74) is 1.75. The van der Waals surface area contributed by atoms with Gasteiger partial charge in [-0.25, -0.2) is 9.97 Å². The van der Waals surface area contributed by atoms with Crippen LogP contribution in [0, 0.1) is 6.92 Å². The van der Waals surface area contributed by atoms with Gasteiger partial charge in [-0.15, -0.1) is 0 Å². The summed E-state index contributed by atoms with van der Waals surface area (Å²) in [6, 6.07) is 1.76. The van der Waals surface area contributed by atoms with E-state index in [-0.39, 0.29) is 11.1 Å². The molecular weight excluding hydrogens is 240 g/mol. The van der Waals surface area contributed by atoms with Crippen LogP contribution in [0.1, 0.15) is 16.1 Å². The van der Waals surface area contributed by atoms with E-state index in [0.717, 1.165) is 5.56 Å². The number of rotatable bonds is 2. The zero-order valence-corrected chi connectivity index (χ0v) is 10.2. The van der Waals surface area contributed by atoms with Crippen molar-refractivity contribution in [2.75, 3.05) is 5.32 Å². The first-order valence-electron chi connectivity index (χ1n) is 4.98. The second kappa shape index (κ2) is 4.55. The number of hydrogen-bond donors (Lipinski definition) is 1. The van der Waals surface area contributed by atoms with Crippen LogP contribution in [0.25, 0.3) is 0 Å². The largest absolute Gasteiger partial charge is 0.340 e. The van der Waals surface area contributed by atoms with E-state index < -0.39 is 0 Å². The monoisotopic (exact) mass is 250 g/mol. The first-order chi connectivity index (χ1) is 8.06. The Bertz CT molecular complexity index is 564. The number of anilines is 1. The fourth-order valence-electron chi connectivity index (χ4n) is 1.36. The predicted molar refractivity (Wildman–Crippen MR) is 65.1 cm³/mol. The molecule has 0 radical (unpaired) electrons. The lowest BCUT2D eigenvalue weighted by atomic mass is 10.3. The second-order valence-corrected chi connectivity index (χ2v) is 4.09. The van der Waals surface area contributed by atoms with Crippen LogP contribution in [0.5, 0.6) is 0 Å². The summed E-state index contributed by atoms with van der Waals surface area (Å²) in [6.45, 7) is 1.87. The fraction of sp³-hybridized carbons (Fsp3) is 0.182. The van der Waals surface area contributed by atoms with Crippen molar-refractivity contribution in [3.05, 3.63) is 41.2 Å². The van der Waals surface area contributed by atoms with E-state index in [2.05, 4.69) is 15.3 Å². The molecule has 6 heteroatoms. The fourth-order valence-corrected chi connectivity index (χ4v) is 1.51. The van der Waals surface area contributed by atoms with Crippen LogP contribution in [0.3, 0.4) is 0 Å². The number of nitrogens with one attached hydrogen (secondary N) is 1. The number of aryl methyl sites for hydroxylation is 2. The lowest BCUT2D eigenvalue weighted by Gasteiger charge is -2.05. The van der Waals surface area contributed by atoms with Crippen LogP contribution < -0.4 is 5.32 Å². The highest BCUT2D eigenvalue weighted by Gasteiger charge is 2.11. The molecule has 88 valence electrons. The zero-order valence-electron chi connectivity index (χ0n) is 9.44. The molecule has 5 nitrogen and oxygen atoms in total. The van der Waals surface area contributed by atoms with Gasteiger partial charge < -0.3 is 9.88 Å². The quantitative estimate of drug-likeness (QED) is 0.830. The van der Waals surface area contributed by atoms with E-state index in [4.69, 9.17) is 11.6 Å². The Morgan fingerprint density at radius 2 is 2.24 bits per heavy atom. The van der Waals surface area contributed by atoms with Crippen LogP contribution in [-0.2, 0) is 7.05 Å². The maximum atomic E-state index is 11.8. The first kappa shape index (κ1) is 11.6. The SMILES string of the molecule is Cc1cnc(Cl)c(NC(=O)c2cn(C)cn2)c1. The second-order valence-electron chi connectivity index (χ2n) is 3.73. The third-order valence-corrected chi connectivity index (χ3v) is 2.46. The molecule has 0 spiro atoms. The molecular formula is C11H11ClN4O. The number of halogens is 1. The van der Waals surface area contributed by atoms with Gasteiger partial charge >= 0.3 is 0 Å². The summed E-state index contributed by atoms with van der Waals surface area (Å²) in [5, 5.41) is 2.94. The molecule has 2 aromatic rings. The molecule has 0 unspecified atom stereocenters. The van der Waals surface area contributed by atoms with Gasteiger partial charge in [0.05, 0.1) is 12.0 Å². The van der Waals surface area contributed by atoms with Crippen LogP contribution in [0.4, 0.5) is 5.69 Å². The Hall–Kier alpha value is -1.88. The summed E-state index contributed by atoms with van der Waals surface area (Å²) >= 11 is 5.88. The maximum Gasteiger partial charge on any atom is 0.275 e. The number of hydrogen-bond acceptors (Lipinski definition) is 3. The minimum atomic E-state index is -0.306. The van der Waals surface area contributed by atoms with Gasteiger partial charge in [0.2, 0.25) is 0 Å². The normalized spacial score (nSPS) is 10.3. The summed E-state index contributed by atoms with van der Waals surface area (Å²) in [5.74, 6) is -0.306. The van der Waals surface area contributed by atoms with Crippen molar-refractivity contribution in [2.24, 2.45) is 7.05 Å². The average Bonchev–Trinajstić information content (AvgIpc) is 2.70. The van der Waals surface area contributed by atoms with Crippen molar-refractivity contribution in [1.29, 1.82) is 0 Å². The molecule has 0 aliphatic heterocycles. The van der Waals surface area contributed by atoms with Gasteiger partial charge in [0.15, 0.2) is 5.15 Å². The van der Waals surface area contributed by atoms with Gasteiger partial charge in [0.1, 0.15) is 5.69 Å². The van der Waals surface area contributed by atoms with Gasteiger partial charge in [-0.05, 0) is 18.6 Å². The average molecular weight is 251 g/mol. The smallest absolute Gasteiger partial charge is 0.275 e. The Labute approximate surface area is 103 Å². The number of carbonyl (C=O) groups excluding carboxylic acids is 1. The molecule has 2 aromatic heterocycles. The number of pyridine rings is 1. The molecule has 2 heterocycles. The third kappa shape index (κ3) is 2.62. The highest BCUT2D eigenvalue weighted by atomic mass is 35.5. The van der Waals surface area contributed by atoms with Gasteiger partial charge in [0.25, 0.3) is 5.91 Å². The Kier molecular flexibility index (Phi) is 3.10. The van der Waals surface area contributed by atoms with Crippen LogP contribution in [-0.4, -0.2) is 20.4 Å². The van der Waals surface area contributed by atoms with Gasteiger partial charge in [0, 0.05) is 19.4 Å². The van der Waals surface area contributed by atoms with Gasteiger partial charge in [-0.2, -0.15) is 0 Å². The summed E-state index contributed by atoms with van der Waals surface area (Å²) in [7, 11) is 1.80. The Balaban J connectivity index is 2.21. The van der Waals surface area contributed by atoms with E-state index in [1.54, 1.807) is 36.4 Å². The molecule has 0 saturated heterocycles. The summed E-state index contributed by atoms with van der Waals surface area (Å²) < 4.78 is 1.70. The lowest BCUT2D eigenvalue weighted by molar-refractivity contribution is 0.102. The van der Waals surface area contributed by atoms with Crippen molar-refractivity contribution in [3.8, 4) is 0 Å². The van der Waals surface area contributed by atoms with E-state index in [9.17, 15) is 4.79 Å². The molecule has 1 N–H and O–H groups in total. The molecule has 0 aromatic carbocycles. The van der Waals surface area contributed by atoms with Crippen LogP contribution in [0.15, 0.2) is 24.8 Å². The number of aromatic nitrogens is 3. The number of amides is 1. The van der Waals surface area contributed by atoms with Gasteiger partial charge in [-0.1, -0.05) is 11.6 Å². The van der Waals surface area contributed by atoms with Crippen molar-refractivity contribution in [2.45, 2.75) is 6.92 Å². The van der Waals surface area contributed by atoms with Gasteiger partial charge in [-0.3, -0.25) is 4.79 Å². The van der Waals surface area contributed by atoms with E-state index >= 15 is 0 Å². The molecule has 1 amide bonds. The molecule has 2 rings (SSSR count). The van der Waals surface area contributed by atoms with E-state index in [1.807, 2.05) is 6.92 Å². The van der Waals surface area contributed by atoms with E-state index in [1.165, 1.54) is 0 Å². The molecule has 0 aliphatic carbocycles. The van der Waals surface area contributed by atoms with Crippen molar-refractivity contribution < 1.29 is 4.79 Å². The Morgan fingerprint density at radius 3 is 2.88 bits per heavy atom. The molecule has 17 heavy (non-hydrogen) atoms. The van der Waals surface area contributed by atoms with Crippen LogP contribution >= 0.6 is 11.6 Å². The molecule has 0 fully saturated rings. The Morgan fingerprint density at radius 1 is 1.47 bits per heavy atom. The predicted octanol–water partition coefficient (Wildman–Crippen LogP) is 2.03. The highest BCUT2D eigenvalue weighted by molar-refractivity contribution is 6.32. The maximum absolute atomic E-state index is 11.8. The first-order valence-corrected chi connectivity index (χ1v) is 5.35. The van der Waals surface area contributed by atoms with Crippen molar-refractivity contribution >= 4 is 23.2 Å². The van der Waals surface area contributed by atoms with Crippen molar-refractivity contribution in [1.82, 2.24) is 14.5 Å². The number of imidazole rings is 1. The molecule has 0 bridgehead atoms. The number of nitrogens with zero attached hydrogens (tertiary/aromatic N) is 3. The topological polar surface area (TPSA) is 59.8 Å². The zero-order chi connectivity index (χ0) is 12.4. The molecule has 0 saturated carbocycles. The highest BCUT2D eigenvalue weighted by Crippen LogP contribution is 2.20. The number of carbonyl (C=O) groups is 1. The van der Waals surface area contributed by atoms with E-state index in [0.29, 0.717) is 11.4 Å². The van der Waals surface area contributed by atoms with Crippen molar-refractivity contribution in [3.63, 3.8) is 0 Å².